The number of aryl methyl sites for hydroxylation is 1. The Morgan fingerprint density at radius 2 is 1.97 bits per heavy atom. The van der Waals surface area contributed by atoms with Crippen LogP contribution in [0.5, 0.6) is 0 Å². The second-order valence-corrected chi connectivity index (χ2v) is 16.5. The highest BCUT2D eigenvalue weighted by atomic mass is 28.4. The molecule has 3 aromatic rings. The molecule has 2 aliphatic carbocycles. The predicted molar refractivity (Wildman–Crippen MR) is 143 cm³/mol. The van der Waals surface area contributed by atoms with Crippen LogP contribution >= 0.6 is 0 Å². The molecule has 5 rings (SSSR count). The Bertz CT molecular complexity index is 1250. The third-order valence-electron chi connectivity index (χ3n) is 8.56. The Balaban J connectivity index is 1.39. The standard InChI is InChI=1S/C28H37N5OSi/c1-28(2,3)35(4,5)34-25-17-21(16-20(25)12-14-29)33-15-13-23-26(30-18-31-27(23)33)32-24-11-10-19-8-6-7-9-22(19)24/h6-9,13,15,18,20-21,24-25H,10-12,16-17H2,1-5H3,(H,30,31,32)/t20-,21?,24+,25+/m1/s1. The van der Waals surface area contributed by atoms with Crippen LogP contribution < -0.4 is 5.32 Å². The summed E-state index contributed by atoms with van der Waals surface area (Å²) in [4.78, 5) is 9.31. The summed E-state index contributed by atoms with van der Waals surface area (Å²) in [6, 6.07) is 13.8. The zero-order chi connectivity index (χ0) is 24.8. The van der Waals surface area contributed by atoms with Crippen molar-refractivity contribution in [2.45, 2.75) is 89.2 Å². The van der Waals surface area contributed by atoms with E-state index in [1.807, 2.05) is 0 Å². The monoisotopic (exact) mass is 487 g/mol. The number of anilines is 1. The lowest BCUT2D eigenvalue weighted by Crippen LogP contribution is -2.44. The molecular weight excluding hydrogens is 450 g/mol. The van der Waals surface area contributed by atoms with E-state index in [-0.39, 0.29) is 29.1 Å². The maximum absolute atomic E-state index is 9.50. The lowest BCUT2D eigenvalue weighted by atomic mass is 10.0. The van der Waals surface area contributed by atoms with Crippen LogP contribution in [0, 0.1) is 17.2 Å². The van der Waals surface area contributed by atoms with Crippen molar-refractivity contribution >= 4 is 25.2 Å². The smallest absolute Gasteiger partial charge is 0.192 e. The summed E-state index contributed by atoms with van der Waals surface area (Å²) in [5, 5.41) is 14.4. The van der Waals surface area contributed by atoms with Gasteiger partial charge < -0.3 is 14.3 Å². The van der Waals surface area contributed by atoms with E-state index >= 15 is 0 Å². The molecule has 0 amide bonds. The van der Waals surface area contributed by atoms with Crippen LogP contribution in [0.3, 0.4) is 0 Å². The molecule has 35 heavy (non-hydrogen) atoms. The number of benzene rings is 1. The molecule has 2 aromatic heterocycles. The molecule has 4 atom stereocenters. The Hall–Kier alpha value is -2.69. The van der Waals surface area contributed by atoms with E-state index in [0.29, 0.717) is 6.42 Å². The van der Waals surface area contributed by atoms with E-state index in [1.165, 1.54) is 11.1 Å². The summed E-state index contributed by atoms with van der Waals surface area (Å²) in [7, 11) is -1.92. The average molecular weight is 488 g/mol. The summed E-state index contributed by atoms with van der Waals surface area (Å²) in [6.45, 7) is 11.4. The minimum atomic E-state index is -1.92. The zero-order valence-corrected chi connectivity index (χ0v) is 22.6. The Labute approximate surface area is 209 Å². The molecule has 0 spiro atoms. The summed E-state index contributed by atoms with van der Waals surface area (Å²) < 4.78 is 9.14. The van der Waals surface area contributed by atoms with E-state index in [9.17, 15) is 5.26 Å². The highest BCUT2D eigenvalue weighted by molar-refractivity contribution is 6.74. The molecule has 2 aliphatic rings. The van der Waals surface area contributed by atoms with Crippen LogP contribution in [0.1, 0.15) is 69.7 Å². The molecule has 6 nitrogen and oxygen atoms in total. The van der Waals surface area contributed by atoms with Gasteiger partial charge in [0, 0.05) is 18.7 Å². The second-order valence-electron chi connectivity index (χ2n) is 11.8. The molecule has 0 aliphatic heterocycles. The number of fused-ring (bicyclic) bond motifs is 2. The predicted octanol–water partition coefficient (Wildman–Crippen LogP) is 6.79. The normalized spacial score (nSPS) is 24.5. The van der Waals surface area contributed by atoms with Crippen LogP contribution in [-0.2, 0) is 10.8 Å². The Morgan fingerprint density at radius 1 is 1.17 bits per heavy atom. The molecule has 2 heterocycles. The van der Waals surface area contributed by atoms with Crippen molar-refractivity contribution in [3.8, 4) is 6.07 Å². The van der Waals surface area contributed by atoms with Gasteiger partial charge in [-0.05, 0) is 66.9 Å². The SMILES string of the molecule is CC(C)(C)[Si](C)(C)O[C@H]1CC(n2ccc3c(N[C@H]4CCc5ccccc54)ncnc32)C[C@H]1CC#N. The maximum Gasteiger partial charge on any atom is 0.192 e. The van der Waals surface area contributed by atoms with E-state index in [0.717, 1.165) is 42.5 Å². The van der Waals surface area contributed by atoms with E-state index in [4.69, 9.17) is 4.43 Å². The number of nitrogens with zero attached hydrogens (tertiary/aromatic N) is 4. The maximum atomic E-state index is 9.50. The molecular formula is C28H37N5OSi. The Kier molecular flexibility index (Phi) is 6.22. The molecule has 0 saturated heterocycles. The first-order valence-electron chi connectivity index (χ1n) is 12.9. The van der Waals surface area contributed by atoms with Gasteiger partial charge in [0.2, 0.25) is 0 Å². The van der Waals surface area contributed by atoms with Crippen molar-refractivity contribution in [2.24, 2.45) is 5.92 Å². The van der Waals surface area contributed by atoms with Gasteiger partial charge in [0.05, 0.1) is 23.6 Å². The average Bonchev–Trinajstić information content (AvgIpc) is 3.51. The number of nitrogens with one attached hydrogen (secondary N) is 1. The summed E-state index contributed by atoms with van der Waals surface area (Å²) in [5.74, 6) is 1.15. The minimum Gasteiger partial charge on any atom is -0.414 e. The molecule has 184 valence electrons. The Morgan fingerprint density at radius 3 is 2.74 bits per heavy atom. The van der Waals surface area contributed by atoms with E-state index in [2.05, 4.69) is 96.3 Å². The molecule has 1 N–H and O–H groups in total. The largest absolute Gasteiger partial charge is 0.414 e. The van der Waals surface area contributed by atoms with Crippen molar-refractivity contribution in [1.29, 1.82) is 5.26 Å². The van der Waals surface area contributed by atoms with Crippen LogP contribution in [0.15, 0.2) is 42.9 Å². The summed E-state index contributed by atoms with van der Waals surface area (Å²) in [6.07, 6.45) is 8.52. The van der Waals surface area contributed by atoms with Crippen molar-refractivity contribution < 1.29 is 4.43 Å². The van der Waals surface area contributed by atoms with Crippen LogP contribution in [-0.4, -0.2) is 29.0 Å². The number of rotatable bonds is 6. The lowest BCUT2D eigenvalue weighted by molar-refractivity contribution is 0.141. The highest BCUT2D eigenvalue weighted by Gasteiger charge is 2.44. The third kappa shape index (κ3) is 4.50. The first-order chi connectivity index (χ1) is 16.7. The number of aromatic nitrogens is 3. The fourth-order valence-electron chi connectivity index (χ4n) is 5.57. The van der Waals surface area contributed by atoms with Crippen molar-refractivity contribution in [3.63, 3.8) is 0 Å². The number of nitriles is 1. The molecule has 1 unspecified atom stereocenters. The van der Waals surface area contributed by atoms with Gasteiger partial charge in [0.1, 0.15) is 17.8 Å². The third-order valence-corrected chi connectivity index (χ3v) is 13.1. The van der Waals surface area contributed by atoms with Crippen LogP contribution in [0.25, 0.3) is 11.0 Å². The first kappa shape index (κ1) is 24.0. The summed E-state index contributed by atoms with van der Waals surface area (Å²) in [5.41, 5.74) is 3.76. The molecule has 0 radical (unpaired) electrons. The molecule has 1 aromatic carbocycles. The van der Waals surface area contributed by atoms with Gasteiger partial charge in [-0.2, -0.15) is 5.26 Å². The summed E-state index contributed by atoms with van der Waals surface area (Å²) >= 11 is 0. The topological polar surface area (TPSA) is 75.8 Å². The van der Waals surface area contributed by atoms with Gasteiger partial charge >= 0.3 is 0 Å². The van der Waals surface area contributed by atoms with Gasteiger partial charge in [-0.1, -0.05) is 45.0 Å². The van der Waals surface area contributed by atoms with Crippen LogP contribution in [0.4, 0.5) is 5.82 Å². The van der Waals surface area contributed by atoms with E-state index < -0.39 is 8.32 Å². The number of hydrogen-bond acceptors (Lipinski definition) is 5. The van der Waals surface area contributed by atoms with Gasteiger partial charge in [-0.15, -0.1) is 0 Å². The highest BCUT2D eigenvalue weighted by Crippen LogP contribution is 2.45. The van der Waals surface area contributed by atoms with Gasteiger partial charge in [0.25, 0.3) is 0 Å². The van der Waals surface area contributed by atoms with Gasteiger partial charge in [-0.25, -0.2) is 9.97 Å². The minimum absolute atomic E-state index is 0.118. The van der Waals surface area contributed by atoms with Crippen molar-refractivity contribution in [1.82, 2.24) is 14.5 Å². The fourth-order valence-corrected chi connectivity index (χ4v) is 6.97. The fraction of sp³-hybridized carbons (Fsp3) is 0.536. The second kappa shape index (κ2) is 9.07. The first-order valence-corrected chi connectivity index (χ1v) is 15.8. The van der Waals surface area contributed by atoms with Crippen molar-refractivity contribution in [2.75, 3.05) is 5.32 Å². The molecule has 1 fully saturated rings. The van der Waals surface area contributed by atoms with Crippen LogP contribution in [0.2, 0.25) is 18.1 Å². The molecule has 7 heteroatoms. The quantitative estimate of drug-likeness (QED) is 0.388. The lowest BCUT2D eigenvalue weighted by Gasteiger charge is -2.39. The van der Waals surface area contributed by atoms with Gasteiger partial charge in [0.15, 0.2) is 8.32 Å². The van der Waals surface area contributed by atoms with Crippen molar-refractivity contribution in [3.05, 3.63) is 54.0 Å². The van der Waals surface area contributed by atoms with Gasteiger partial charge in [-0.3, -0.25) is 0 Å². The van der Waals surface area contributed by atoms with E-state index in [1.54, 1.807) is 6.33 Å². The molecule has 0 bridgehead atoms. The number of hydrogen-bond donors (Lipinski definition) is 1. The zero-order valence-electron chi connectivity index (χ0n) is 21.6. The molecule has 1 saturated carbocycles.